The van der Waals surface area contributed by atoms with Gasteiger partial charge >= 0.3 is 0 Å². The minimum absolute atomic E-state index is 0.294. The van der Waals surface area contributed by atoms with Crippen LogP contribution in [0.5, 0.6) is 0 Å². The van der Waals surface area contributed by atoms with Crippen LogP contribution in [-0.2, 0) is 11.2 Å². The summed E-state index contributed by atoms with van der Waals surface area (Å²) < 4.78 is 5.53. The lowest BCUT2D eigenvalue weighted by Gasteiger charge is -2.20. The fourth-order valence-corrected chi connectivity index (χ4v) is 2.64. The average Bonchev–Trinajstić information content (AvgIpc) is 2.92. The molecular weight excluding hydrogens is 252 g/mol. The van der Waals surface area contributed by atoms with E-state index in [0.29, 0.717) is 12.1 Å². The summed E-state index contributed by atoms with van der Waals surface area (Å²) in [5.41, 5.74) is 0. The van der Waals surface area contributed by atoms with Crippen LogP contribution in [0.15, 0.2) is 6.07 Å². The van der Waals surface area contributed by atoms with E-state index in [0.717, 1.165) is 49.7 Å². The first kappa shape index (κ1) is 15.0. The summed E-state index contributed by atoms with van der Waals surface area (Å²) in [5.74, 6) is 2.69. The number of nitrogens with zero attached hydrogens (tertiary/aromatic N) is 2. The van der Waals surface area contributed by atoms with E-state index in [1.54, 1.807) is 7.11 Å². The molecule has 2 rings (SSSR count). The van der Waals surface area contributed by atoms with Crippen molar-refractivity contribution in [1.82, 2.24) is 9.97 Å². The Morgan fingerprint density at radius 1 is 1.25 bits per heavy atom. The lowest BCUT2D eigenvalue weighted by atomic mass is 10.2. The topological polar surface area (TPSA) is 59.1 Å². The molecule has 1 saturated carbocycles. The molecule has 1 aromatic heterocycles. The van der Waals surface area contributed by atoms with Crippen LogP contribution in [0.1, 0.15) is 45.4 Å². The summed E-state index contributed by atoms with van der Waals surface area (Å²) in [5, 5.41) is 6.85. The normalized spacial score (nSPS) is 21.9. The minimum Gasteiger partial charge on any atom is -0.379 e. The lowest BCUT2D eigenvalue weighted by Crippen LogP contribution is -2.30. The number of ether oxygens (including phenoxy) is 1. The second-order valence-corrected chi connectivity index (χ2v) is 5.29. The molecule has 1 aliphatic carbocycles. The zero-order chi connectivity index (χ0) is 14.4. The highest BCUT2D eigenvalue weighted by Gasteiger charge is 2.27. The number of hydrogen-bond donors (Lipinski definition) is 2. The summed E-state index contributed by atoms with van der Waals surface area (Å²) in [6, 6.07) is 2.36. The number of aryl methyl sites for hydroxylation is 1. The third kappa shape index (κ3) is 3.82. The Kier molecular flexibility index (Phi) is 5.59. The second kappa shape index (κ2) is 7.43. The number of hydrogen-bond acceptors (Lipinski definition) is 5. The van der Waals surface area contributed by atoms with Crippen LogP contribution < -0.4 is 10.6 Å². The van der Waals surface area contributed by atoms with E-state index >= 15 is 0 Å². The van der Waals surface area contributed by atoms with Crippen molar-refractivity contribution >= 4 is 11.6 Å². The third-order valence-corrected chi connectivity index (χ3v) is 3.73. The van der Waals surface area contributed by atoms with Crippen molar-refractivity contribution in [2.24, 2.45) is 0 Å². The van der Waals surface area contributed by atoms with Crippen molar-refractivity contribution in [1.29, 1.82) is 0 Å². The number of aromatic nitrogens is 2. The molecule has 2 atom stereocenters. The first-order valence-electron chi connectivity index (χ1n) is 7.68. The molecule has 2 N–H and O–H groups in total. The van der Waals surface area contributed by atoms with Crippen molar-refractivity contribution in [3.8, 4) is 0 Å². The zero-order valence-electron chi connectivity index (χ0n) is 12.8. The van der Waals surface area contributed by atoms with Gasteiger partial charge in [0.15, 0.2) is 0 Å². The van der Waals surface area contributed by atoms with Crippen molar-refractivity contribution in [3.63, 3.8) is 0 Å². The molecule has 0 aliphatic heterocycles. The van der Waals surface area contributed by atoms with Gasteiger partial charge in [-0.05, 0) is 25.7 Å². The smallest absolute Gasteiger partial charge is 0.132 e. The molecule has 0 aromatic carbocycles. The first-order valence-corrected chi connectivity index (χ1v) is 7.68. The van der Waals surface area contributed by atoms with Crippen LogP contribution in [0.3, 0.4) is 0 Å². The molecule has 0 bridgehead atoms. The van der Waals surface area contributed by atoms with Gasteiger partial charge in [0.05, 0.1) is 12.1 Å². The molecule has 1 heterocycles. The molecule has 5 nitrogen and oxygen atoms in total. The zero-order valence-corrected chi connectivity index (χ0v) is 12.8. The fourth-order valence-electron chi connectivity index (χ4n) is 2.64. The van der Waals surface area contributed by atoms with E-state index < -0.39 is 0 Å². The second-order valence-electron chi connectivity index (χ2n) is 5.29. The molecule has 112 valence electrons. The van der Waals surface area contributed by atoms with Gasteiger partial charge in [0.2, 0.25) is 0 Å². The highest BCUT2D eigenvalue weighted by Crippen LogP contribution is 2.25. The van der Waals surface area contributed by atoms with Crippen LogP contribution in [0.2, 0.25) is 0 Å². The van der Waals surface area contributed by atoms with Gasteiger partial charge in [-0.15, -0.1) is 0 Å². The first-order chi connectivity index (χ1) is 9.76. The van der Waals surface area contributed by atoms with E-state index in [9.17, 15) is 0 Å². The lowest BCUT2D eigenvalue weighted by molar-refractivity contribution is 0.101. The molecule has 0 radical (unpaired) electrons. The van der Waals surface area contributed by atoms with Gasteiger partial charge in [0.25, 0.3) is 0 Å². The average molecular weight is 278 g/mol. The molecule has 0 saturated heterocycles. The number of rotatable bonds is 7. The van der Waals surface area contributed by atoms with Gasteiger partial charge in [-0.1, -0.05) is 13.8 Å². The number of anilines is 2. The molecule has 0 amide bonds. The van der Waals surface area contributed by atoms with E-state index in [2.05, 4.69) is 34.4 Å². The number of nitrogens with one attached hydrogen (secondary N) is 2. The van der Waals surface area contributed by atoms with Crippen molar-refractivity contribution in [2.45, 2.75) is 58.1 Å². The Bertz CT molecular complexity index is 424. The van der Waals surface area contributed by atoms with Gasteiger partial charge in [-0.2, -0.15) is 0 Å². The molecule has 1 aromatic rings. The van der Waals surface area contributed by atoms with Gasteiger partial charge < -0.3 is 15.4 Å². The summed E-state index contributed by atoms with van der Waals surface area (Å²) in [7, 11) is 1.79. The summed E-state index contributed by atoms with van der Waals surface area (Å²) in [6.07, 6.45) is 5.70. The Morgan fingerprint density at radius 2 is 2.05 bits per heavy atom. The Balaban J connectivity index is 2.09. The van der Waals surface area contributed by atoms with Crippen molar-refractivity contribution in [2.75, 3.05) is 24.3 Å². The summed E-state index contributed by atoms with van der Waals surface area (Å²) >= 11 is 0. The quantitative estimate of drug-likeness (QED) is 0.803. The van der Waals surface area contributed by atoms with E-state index in [-0.39, 0.29) is 0 Å². The Hall–Kier alpha value is -1.36. The van der Waals surface area contributed by atoms with E-state index in [4.69, 9.17) is 4.74 Å². The SMILES string of the molecule is CCCNc1cc(NC2CCCC2OC)nc(CC)n1. The molecule has 5 heteroatoms. The van der Waals surface area contributed by atoms with Gasteiger partial charge in [-0.25, -0.2) is 9.97 Å². The monoisotopic (exact) mass is 278 g/mol. The van der Waals surface area contributed by atoms with E-state index in [1.807, 2.05) is 6.07 Å². The van der Waals surface area contributed by atoms with Crippen molar-refractivity contribution in [3.05, 3.63) is 11.9 Å². The number of methoxy groups -OCH3 is 1. The van der Waals surface area contributed by atoms with E-state index in [1.165, 1.54) is 6.42 Å². The van der Waals surface area contributed by atoms with Gasteiger partial charge in [0, 0.05) is 26.1 Å². The predicted octanol–water partition coefficient (Wildman–Crippen LogP) is 2.84. The highest BCUT2D eigenvalue weighted by atomic mass is 16.5. The highest BCUT2D eigenvalue weighted by molar-refractivity contribution is 5.48. The van der Waals surface area contributed by atoms with Gasteiger partial charge in [-0.3, -0.25) is 0 Å². The third-order valence-electron chi connectivity index (χ3n) is 3.73. The minimum atomic E-state index is 0.294. The largest absolute Gasteiger partial charge is 0.379 e. The van der Waals surface area contributed by atoms with Crippen LogP contribution in [0.25, 0.3) is 0 Å². The molecule has 2 unspecified atom stereocenters. The van der Waals surface area contributed by atoms with Gasteiger partial charge in [0.1, 0.15) is 17.5 Å². The molecule has 20 heavy (non-hydrogen) atoms. The van der Waals surface area contributed by atoms with Crippen LogP contribution in [0, 0.1) is 0 Å². The molecule has 1 aliphatic rings. The molecule has 1 fully saturated rings. The molecule has 0 spiro atoms. The summed E-state index contributed by atoms with van der Waals surface area (Å²) in [6.45, 7) is 5.16. The maximum Gasteiger partial charge on any atom is 0.132 e. The standard InChI is InChI=1S/C15H26N4O/c1-4-9-16-14-10-15(19-13(5-2)18-14)17-11-7-6-8-12(11)20-3/h10-12H,4-9H2,1-3H3,(H2,16,17,18,19). The predicted molar refractivity (Wildman–Crippen MR) is 82.2 cm³/mol. The maximum absolute atomic E-state index is 5.53. The van der Waals surface area contributed by atoms with Crippen molar-refractivity contribution < 1.29 is 4.74 Å². The summed E-state index contributed by atoms with van der Waals surface area (Å²) in [4.78, 5) is 9.08. The fraction of sp³-hybridized carbons (Fsp3) is 0.733. The Labute approximate surface area is 121 Å². The maximum atomic E-state index is 5.53. The van der Waals surface area contributed by atoms with Crippen LogP contribution in [0.4, 0.5) is 11.6 Å². The van der Waals surface area contributed by atoms with Crippen LogP contribution >= 0.6 is 0 Å². The molecular formula is C15H26N4O. The van der Waals surface area contributed by atoms with Crippen LogP contribution in [-0.4, -0.2) is 35.8 Å². The Morgan fingerprint density at radius 3 is 2.75 bits per heavy atom.